The van der Waals surface area contributed by atoms with E-state index in [-0.39, 0.29) is 13.0 Å². The number of carboxylic acids is 1. The lowest BCUT2D eigenvalue weighted by Gasteiger charge is -2.17. The van der Waals surface area contributed by atoms with Crippen LogP contribution in [0.15, 0.2) is 48.7 Å². The van der Waals surface area contributed by atoms with Gasteiger partial charge >= 0.3 is 19.4 Å². The van der Waals surface area contributed by atoms with Crippen molar-refractivity contribution in [3.63, 3.8) is 0 Å². The van der Waals surface area contributed by atoms with Crippen LogP contribution in [0.2, 0.25) is 0 Å². The molecule has 0 atom stereocenters. The molecule has 13 heteroatoms. The summed E-state index contributed by atoms with van der Waals surface area (Å²) in [7, 11) is -5.71. The Hall–Kier alpha value is -3.70. The van der Waals surface area contributed by atoms with Gasteiger partial charge in [0.15, 0.2) is 5.82 Å². The van der Waals surface area contributed by atoms with Crippen LogP contribution < -0.4 is 10.5 Å². The molecule has 4 rings (SSSR count). The third-order valence-corrected chi connectivity index (χ3v) is 7.18. The number of aryl methyl sites for hydroxylation is 4. The lowest BCUT2D eigenvalue weighted by molar-refractivity contribution is -0.187. The van der Waals surface area contributed by atoms with Crippen molar-refractivity contribution in [3.05, 3.63) is 70.9 Å². The summed E-state index contributed by atoms with van der Waals surface area (Å²) in [5.41, 5.74) is 11.2. The topological polar surface area (TPSA) is 165 Å². The number of nitrogen functional groups attached to an aromatic ring is 1. The van der Waals surface area contributed by atoms with Gasteiger partial charge in [-0.25, -0.2) is 4.98 Å². The van der Waals surface area contributed by atoms with Gasteiger partial charge in [0.1, 0.15) is 17.9 Å². The second-order valence-corrected chi connectivity index (χ2v) is 10.9. The summed E-state index contributed by atoms with van der Waals surface area (Å²) in [6.07, 6.45) is 3.55. The van der Waals surface area contributed by atoms with E-state index in [1.165, 1.54) is 0 Å². The number of carboxylic acid groups (broad SMARTS) is 1. The Morgan fingerprint density at radius 2 is 1.80 bits per heavy atom. The highest BCUT2D eigenvalue weighted by atomic mass is 31.2. The molecule has 0 amide bonds. The average Bonchev–Trinajstić information content (AvgIpc) is 2.88. The van der Waals surface area contributed by atoms with Crippen LogP contribution in [0.1, 0.15) is 28.7 Å². The summed E-state index contributed by atoms with van der Waals surface area (Å²) in [5.74, 6) is -4.72. The molecule has 0 bridgehead atoms. The summed E-state index contributed by atoms with van der Waals surface area (Å²) in [6.45, 7) is 0.872. The lowest BCUT2D eigenvalue weighted by atomic mass is 9.99. The van der Waals surface area contributed by atoms with E-state index in [1.54, 1.807) is 18.3 Å². The minimum Gasteiger partial charge on any atom is -0.491 e. The van der Waals surface area contributed by atoms with Crippen LogP contribution >= 0.6 is 7.60 Å². The van der Waals surface area contributed by atoms with Crippen LogP contribution in [-0.4, -0.2) is 49.9 Å². The molecule has 0 unspecified atom stereocenters. The van der Waals surface area contributed by atoms with E-state index in [1.807, 2.05) is 37.3 Å². The van der Waals surface area contributed by atoms with E-state index >= 15 is 0 Å². The SMILES string of the molecule is Cc1cc(OCCOC(F)(F)P(=O)(O)O)ccc1CCc1cnc2c(N)nc3cc(CCC(=O)O)ccc3c2c1. The number of anilines is 1. The molecule has 0 saturated carbocycles. The first-order chi connectivity index (χ1) is 18.8. The maximum Gasteiger partial charge on any atom is 0.459 e. The third kappa shape index (κ3) is 6.89. The van der Waals surface area contributed by atoms with Crippen molar-refractivity contribution in [2.24, 2.45) is 0 Å². The normalized spacial score (nSPS) is 12.2. The van der Waals surface area contributed by atoms with Crippen molar-refractivity contribution >= 4 is 41.2 Å². The number of fused-ring (bicyclic) bond motifs is 3. The number of nitrogens with two attached hydrogens (primary N) is 1. The van der Waals surface area contributed by atoms with Gasteiger partial charge in [-0.1, -0.05) is 18.2 Å². The first-order valence-electron chi connectivity index (χ1n) is 12.3. The zero-order valence-corrected chi connectivity index (χ0v) is 22.4. The quantitative estimate of drug-likeness (QED) is 0.107. The van der Waals surface area contributed by atoms with Gasteiger partial charge in [0.25, 0.3) is 0 Å². The van der Waals surface area contributed by atoms with Gasteiger partial charge in [0, 0.05) is 23.4 Å². The van der Waals surface area contributed by atoms with Crippen molar-refractivity contribution in [3.8, 4) is 5.75 Å². The highest BCUT2D eigenvalue weighted by Gasteiger charge is 2.50. The summed E-state index contributed by atoms with van der Waals surface area (Å²) < 4.78 is 46.4. The van der Waals surface area contributed by atoms with Crippen LogP contribution in [0.3, 0.4) is 0 Å². The van der Waals surface area contributed by atoms with E-state index in [2.05, 4.69) is 14.7 Å². The zero-order valence-electron chi connectivity index (χ0n) is 21.5. The highest BCUT2D eigenvalue weighted by Crippen LogP contribution is 2.53. The van der Waals surface area contributed by atoms with E-state index in [9.17, 15) is 18.1 Å². The number of carbonyl (C=O) groups is 1. The molecule has 2 heterocycles. The molecule has 0 fully saturated rings. The van der Waals surface area contributed by atoms with Gasteiger partial charge in [-0.05, 0) is 72.7 Å². The number of aliphatic carboxylic acids is 1. The van der Waals surface area contributed by atoms with Crippen molar-refractivity contribution in [1.82, 2.24) is 9.97 Å². The summed E-state index contributed by atoms with van der Waals surface area (Å²) >= 11 is 0. The monoisotopic (exact) mass is 575 g/mol. The maximum absolute atomic E-state index is 13.2. The van der Waals surface area contributed by atoms with Crippen molar-refractivity contribution in [2.45, 2.75) is 38.5 Å². The fourth-order valence-electron chi connectivity index (χ4n) is 4.27. The van der Waals surface area contributed by atoms with Gasteiger partial charge < -0.3 is 30.1 Å². The molecule has 10 nitrogen and oxygen atoms in total. The minimum atomic E-state index is -5.71. The van der Waals surface area contributed by atoms with E-state index in [4.69, 9.17) is 25.4 Å². The number of nitrogens with zero attached hydrogens (tertiary/aromatic N) is 2. The fourth-order valence-corrected chi connectivity index (χ4v) is 4.53. The van der Waals surface area contributed by atoms with Gasteiger partial charge in [0.2, 0.25) is 0 Å². The van der Waals surface area contributed by atoms with Crippen LogP contribution in [-0.2, 0) is 33.4 Å². The summed E-state index contributed by atoms with van der Waals surface area (Å²) in [5, 5.41) is 10.7. The van der Waals surface area contributed by atoms with E-state index < -0.39 is 26.0 Å². The number of alkyl halides is 2. The molecule has 2 aromatic heterocycles. The Bertz CT molecular complexity index is 1610. The van der Waals surface area contributed by atoms with Crippen LogP contribution in [0, 0.1) is 6.92 Å². The molecule has 2 aromatic carbocycles. The number of hydrogen-bond donors (Lipinski definition) is 4. The number of pyridine rings is 2. The third-order valence-electron chi connectivity index (χ3n) is 6.37. The molecule has 0 spiro atoms. The fraction of sp³-hybridized carbons (Fsp3) is 0.296. The zero-order chi connectivity index (χ0) is 29.1. The second-order valence-electron chi connectivity index (χ2n) is 9.30. The molecule has 0 aliphatic heterocycles. The lowest BCUT2D eigenvalue weighted by Crippen LogP contribution is -2.23. The Kier molecular flexibility index (Phi) is 8.65. The number of benzene rings is 2. The smallest absolute Gasteiger partial charge is 0.459 e. The number of aromatic nitrogens is 2. The largest absolute Gasteiger partial charge is 0.491 e. The standard InChI is InChI=1S/C27H28F2N3O7P/c1-16-12-20(38-10-11-39-27(28,29)40(35,36)37)7-6-19(16)5-2-18-13-22-21-8-3-17(4-9-24(33)34)14-23(21)32-26(30)25(22)31-15-18/h3,6-8,12-15H,2,4-5,9-11H2,1H3,(H2,30,32)(H,33,34)(H2,35,36,37). The number of halogens is 2. The molecule has 212 valence electrons. The van der Waals surface area contributed by atoms with Gasteiger partial charge in [-0.3, -0.25) is 14.3 Å². The van der Waals surface area contributed by atoms with Gasteiger partial charge in [-0.15, -0.1) is 0 Å². The second kappa shape index (κ2) is 11.8. The molecule has 0 radical (unpaired) electrons. The number of hydrogen-bond acceptors (Lipinski definition) is 7. The van der Waals surface area contributed by atoms with E-state index in [0.29, 0.717) is 41.9 Å². The van der Waals surface area contributed by atoms with Gasteiger partial charge in [0.05, 0.1) is 12.1 Å². The Morgan fingerprint density at radius 1 is 1.02 bits per heavy atom. The first kappa shape index (κ1) is 29.3. The van der Waals surface area contributed by atoms with Crippen LogP contribution in [0.5, 0.6) is 5.75 Å². The summed E-state index contributed by atoms with van der Waals surface area (Å²) in [6, 6.07) is 13.0. The summed E-state index contributed by atoms with van der Waals surface area (Å²) in [4.78, 5) is 37.1. The van der Waals surface area contributed by atoms with Gasteiger partial charge in [-0.2, -0.15) is 8.78 Å². The molecule has 5 N–H and O–H groups in total. The highest BCUT2D eigenvalue weighted by molar-refractivity contribution is 7.52. The van der Waals surface area contributed by atoms with E-state index in [0.717, 1.165) is 33.0 Å². The Balaban J connectivity index is 1.42. The predicted molar refractivity (Wildman–Crippen MR) is 144 cm³/mol. The maximum atomic E-state index is 13.2. The van der Waals surface area contributed by atoms with Crippen molar-refractivity contribution in [1.29, 1.82) is 0 Å². The molecule has 0 aliphatic carbocycles. The first-order valence-corrected chi connectivity index (χ1v) is 13.9. The number of ether oxygens (including phenoxy) is 2. The number of rotatable bonds is 12. The Labute approximate surface area is 227 Å². The molecular weight excluding hydrogens is 547 g/mol. The minimum absolute atomic E-state index is 0.0273. The predicted octanol–water partition coefficient (Wildman–Crippen LogP) is 4.60. The average molecular weight is 576 g/mol. The molecule has 4 aromatic rings. The van der Waals surface area contributed by atoms with Crippen LogP contribution in [0.4, 0.5) is 14.6 Å². The van der Waals surface area contributed by atoms with Crippen molar-refractivity contribution in [2.75, 3.05) is 18.9 Å². The molecule has 0 aliphatic rings. The molecular formula is C27H28F2N3O7P. The Morgan fingerprint density at radius 3 is 2.50 bits per heavy atom. The van der Waals surface area contributed by atoms with Crippen molar-refractivity contribution < 1.29 is 42.5 Å². The van der Waals surface area contributed by atoms with Crippen LogP contribution in [0.25, 0.3) is 21.8 Å². The molecule has 40 heavy (non-hydrogen) atoms. The molecule has 0 saturated heterocycles.